The number of nitrogens with one attached hydrogen (secondary N) is 1. The fourth-order valence-corrected chi connectivity index (χ4v) is 3.42. The number of rotatable bonds is 5. The summed E-state index contributed by atoms with van der Waals surface area (Å²) in [6, 6.07) is 13.0. The van der Waals surface area contributed by atoms with Gasteiger partial charge >= 0.3 is 5.69 Å². The molecule has 3 rings (SSSR count). The Morgan fingerprint density at radius 2 is 2.00 bits per heavy atom. The smallest absolute Gasteiger partial charge is 0.306 e. The zero-order chi connectivity index (χ0) is 18.7. The molecule has 0 aliphatic heterocycles. The van der Waals surface area contributed by atoms with Crippen molar-refractivity contribution in [2.24, 2.45) is 0 Å². The predicted molar refractivity (Wildman–Crippen MR) is 97.1 cm³/mol. The number of thiazole rings is 1. The maximum atomic E-state index is 13.4. The zero-order valence-electron chi connectivity index (χ0n) is 13.7. The molecule has 1 amide bonds. The van der Waals surface area contributed by atoms with Crippen molar-refractivity contribution in [3.05, 3.63) is 85.6 Å². The van der Waals surface area contributed by atoms with Gasteiger partial charge < -0.3 is 5.32 Å². The topological polar surface area (TPSA) is 85.1 Å². The number of nitro groups is 1. The molecule has 0 unspecified atom stereocenters. The number of aryl methyl sites for hydroxylation is 1. The molecule has 0 atom stereocenters. The first-order valence-corrected chi connectivity index (χ1v) is 8.51. The Kier molecular flexibility index (Phi) is 5.04. The second-order valence-corrected chi connectivity index (χ2v) is 6.65. The van der Waals surface area contributed by atoms with Crippen LogP contribution < -0.4 is 5.32 Å². The lowest BCUT2D eigenvalue weighted by molar-refractivity contribution is -0.387. The van der Waals surface area contributed by atoms with Crippen LogP contribution in [0.25, 0.3) is 0 Å². The number of amides is 1. The van der Waals surface area contributed by atoms with Crippen molar-refractivity contribution < 1.29 is 14.1 Å². The quantitative estimate of drug-likeness (QED) is 0.534. The van der Waals surface area contributed by atoms with E-state index in [9.17, 15) is 19.3 Å². The third-order valence-corrected chi connectivity index (χ3v) is 4.80. The molecule has 26 heavy (non-hydrogen) atoms. The number of hydrogen-bond donors (Lipinski definition) is 1. The fraction of sp³-hybridized carbons (Fsp3) is 0.111. The molecule has 0 saturated heterocycles. The monoisotopic (exact) mass is 371 g/mol. The van der Waals surface area contributed by atoms with E-state index in [1.807, 2.05) is 30.3 Å². The zero-order valence-corrected chi connectivity index (χ0v) is 14.5. The molecular weight excluding hydrogens is 357 g/mol. The summed E-state index contributed by atoms with van der Waals surface area (Å²) in [4.78, 5) is 27.3. The molecule has 0 radical (unpaired) electrons. The van der Waals surface area contributed by atoms with Crippen molar-refractivity contribution in [2.45, 2.75) is 13.3 Å². The van der Waals surface area contributed by atoms with Crippen LogP contribution in [-0.2, 0) is 6.42 Å². The van der Waals surface area contributed by atoms with Crippen LogP contribution >= 0.6 is 11.3 Å². The van der Waals surface area contributed by atoms with Crippen LogP contribution in [-0.4, -0.2) is 15.8 Å². The first-order chi connectivity index (χ1) is 12.4. The van der Waals surface area contributed by atoms with Gasteiger partial charge in [-0.05, 0) is 24.6 Å². The van der Waals surface area contributed by atoms with Crippen molar-refractivity contribution in [2.75, 3.05) is 5.32 Å². The molecule has 1 heterocycles. The molecule has 0 saturated carbocycles. The molecule has 0 fully saturated rings. The molecule has 8 heteroatoms. The van der Waals surface area contributed by atoms with E-state index in [1.165, 1.54) is 17.4 Å². The summed E-state index contributed by atoms with van der Waals surface area (Å²) in [5.41, 5.74) is 1.13. The minimum atomic E-state index is -0.952. The Bertz CT molecular complexity index is 973. The standard InChI is InChI=1S/C18H14FN3O3S/c1-11-17(26-16(20-11)9-12-5-3-2-4-6-12)18(23)21-13-7-8-14(19)15(10-13)22(24)25/h2-8,10H,9H2,1H3,(H,21,23). The molecule has 132 valence electrons. The SMILES string of the molecule is Cc1nc(Cc2ccccc2)sc1C(=O)Nc1ccc(F)c([N+](=O)[O-])c1. The molecule has 0 aliphatic carbocycles. The molecule has 1 aromatic heterocycles. The number of halogens is 1. The van der Waals surface area contributed by atoms with Gasteiger partial charge in [0.05, 0.1) is 15.6 Å². The first kappa shape index (κ1) is 17.7. The van der Waals surface area contributed by atoms with E-state index in [-0.39, 0.29) is 5.69 Å². The van der Waals surface area contributed by atoms with Gasteiger partial charge in [0.1, 0.15) is 4.88 Å². The predicted octanol–water partition coefficient (Wildman–Crippen LogP) is 4.34. The third kappa shape index (κ3) is 3.92. The highest BCUT2D eigenvalue weighted by Gasteiger charge is 2.19. The number of benzene rings is 2. The van der Waals surface area contributed by atoms with Crippen LogP contribution in [0.4, 0.5) is 15.8 Å². The van der Waals surface area contributed by atoms with Crippen LogP contribution in [0, 0.1) is 22.9 Å². The van der Waals surface area contributed by atoms with E-state index in [0.717, 1.165) is 22.7 Å². The minimum absolute atomic E-state index is 0.153. The Labute approximate surface area is 152 Å². The molecule has 3 aromatic rings. The Hall–Kier alpha value is -3.13. The summed E-state index contributed by atoms with van der Waals surface area (Å²) < 4.78 is 13.4. The van der Waals surface area contributed by atoms with Gasteiger partial charge in [-0.15, -0.1) is 11.3 Å². The summed E-state index contributed by atoms with van der Waals surface area (Å²) in [7, 11) is 0. The van der Waals surface area contributed by atoms with Gasteiger partial charge in [-0.2, -0.15) is 4.39 Å². The van der Waals surface area contributed by atoms with Gasteiger partial charge in [-0.25, -0.2) is 4.98 Å². The lowest BCUT2D eigenvalue weighted by Gasteiger charge is -2.04. The highest BCUT2D eigenvalue weighted by Crippen LogP contribution is 2.25. The van der Waals surface area contributed by atoms with Crippen LogP contribution in [0.2, 0.25) is 0 Å². The first-order valence-electron chi connectivity index (χ1n) is 7.69. The van der Waals surface area contributed by atoms with Gasteiger partial charge in [0.15, 0.2) is 0 Å². The molecule has 2 aromatic carbocycles. The van der Waals surface area contributed by atoms with Crippen LogP contribution in [0.15, 0.2) is 48.5 Å². The average Bonchev–Trinajstić information content (AvgIpc) is 2.97. The van der Waals surface area contributed by atoms with E-state index < -0.39 is 22.3 Å². The lowest BCUT2D eigenvalue weighted by atomic mass is 10.2. The fourth-order valence-electron chi connectivity index (χ4n) is 2.43. The maximum absolute atomic E-state index is 13.4. The highest BCUT2D eigenvalue weighted by molar-refractivity contribution is 7.14. The number of carbonyl (C=O) groups is 1. The van der Waals surface area contributed by atoms with E-state index in [0.29, 0.717) is 17.0 Å². The van der Waals surface area contributed by atoms with Crippen LogP contribution in [0.3, 0.4) is 0 Å². The molecule has 0 spiro atoms. The number of nitro benzene ring substituents is 1. The molecule has 1 N–H and O–H groups in total. The van der Waals surface area contributed by atoms with Crippen molar-refractivity contribution >= 4 is 28.6 Å². The van der Waals surface area contributed by atoms with Crippen molar-refractivity contribution in [3.63, 3.8) is 0 Å². The molecule has 6 nitrogen and oxygen atoms in total. The maximum Gasteiger partial charge on any atom is 0.306 e. The molecular formula is C18H14FN3O3S. The summed E-state index contributed by atoms with van der Waals surface area (Å²) in [6.45, 7) is 1.73. The Balaban J connectivity index is 1.78. The highest BCUT2D eigenvalue weighted by atomic mass is 32.1. The molecule has 0 aliphatic rings. The molecule has 0 bridgehead atoms. The number of anilines is 1. The van der Waals surface area contributed by atoms with Gasteiger partial charge in [0.2, 0.25) is 5.82 Å². The van der Waals surface area contributed by atoms with Gasteiger partial charge in [-0.1, -0.05) is 30.3 Å². The average molecular weight is 371 g/mol. The van der Waals surface area contributed by atoms with Crippen molar-refractivity contribution in [1.29, 1.82) is 0 Å². The summed E-state index contributed by atoms with van der Waals surface area (Å²) in [6.07, 6.45) is 0.613. The Morgan fingerprint density at radius 1 is 1.27 bits per heavy atom. The van der Waals surface area contributed by atoms with E-state index >= 15 is 0 Å². The van der Waals surface area contributed by atoms with Crippen LogP contribution in [0.1, 0.15) is 25.9 Å². The lowest BCUT2D eigenvalue weighted by Crippen LogP contribution is -2.11. The Morgan fingerprint density at radius 3 is 2.69 bits per heavy atom. The van der Waals surface area contributed by atoms with E-state index in [4.69, 9.17) is 0 Å². The number of nitrogens with zero attached hydrogens (tertiary/aromatic N) is 2. The third-order valence-electron chi connectivity index (χ3n) is 3.65. The second kappa shape index (κ2) is 7.40. The summed E-state index contributed by atoms with van der Waals surface area (Å²) >= 11 is 1.26. The second-order valence-electron chi connectivity index (χ2n) is 5.56. The summed E-state index contributed by atoms with van der Waals surface area (Å²) in [5, 5.41) is 14.2. The largest absolute Gasteiger partial charge is 0.321 e. The van der Waals surface area contributed by atoms with Gasteiger partial charge in [-0.3, -0.25) is 14.9 Å². The summed E-state index contributed by atoms with van der Waals surface area (Å²) in [5.74, 6) is -1.38. The minimum Gasteiger partial charge on any atom is -0.321 e. The number of hydrogen-bond acceptors (Lipinski definition) is 5. The normalized spacial score (nSPS) is 10.5. The number of carbonyl (C=O) groups excluding carboxylic acids is 1. The van der Waals surface area contributed by atoms with Gasteiger partial charge in [0.25, 0.3) is 5.91 Å². The van der Waals surface area contributed by atoms with E-state index in [2.05, 4.69) is 10.3 Å². The van der Waals surface area contributed by atoms with Crippen molar-refractivity contribution in [1.82, 2.24) is 4.98 Å². The van der Waals surface area contributed by atoms with Crippen LogP contribution in [0.5, 0.6) is 0 Å². The van der Waals surface area contributed by atoms with E-state index in [1.54, 1.807) is 6.92 Å². The van der Waals surface area contributed by atoms with Gasteiger partial charge in [0, 0.05) is 18.2 Å². The van der Waals surface area contributed by atoms with Crippen molar-refractivity contribution in [3.8, 4) is 0 Å². The number of aromatic nitrogens is 1.